The number of hydrogen-bond acceptors (Lipinski definition) is 8. The first-order chi connectivity index (χ1) is 22.2. The third-order valence-corrected chi connectivity index (χ3v) is 8.43. The lowest BCUT2D eigenvalue weighted by atomic mass is 9.99. The van der Waals surface area contributed by atoms with Gasteiger partial charge in [0.1, 0.15) is 13.5 Å². The molecule has 0 amide bonds. The van der Waals surface area contributed by atoms with Gasteiger partial charge >= 0.3 is 0 Å². The lowest BCUT2D eigenvalue weighted by molar-refractivity contribution is 0.131. The molecule has 244 valence electrons. The van der Waals surface area contributed by atoms with E-state index in [-0.39, 0.29) is 17.8 Å². The molecule has 0 bridgehead atoms. The van der Waals surface area contributed by atoms with Crippen LogP contribution in [0.4, 0.5) is 5.69 Å². The monoisotopic (exact) mass is 626 g/mol. The smallest absolute Gasteiger partial charge is 0.262 e. The summed E-state index contributed by atoms with van der Waals surface area (Å²) < 4.78 is 13.9. The van der Waals surface area contributed by atoms with E-state index in [4.69, 9.17) is 9.47 Å². The van der Waals surface area contributed by atoms with Crippen LogP contribution in [-0.4, -0.2) is 86.0 Å². The summed E-state index contributed by atoms with van der Waals surface area (Å²) in [5.74, 6) is 0. The second-order valence-corrected chi connectivity index (χ2v) is 12.4. The van der Waals surface area contributed by atoms with Crippen molar-refractivity contribution >= 4 is 38.4 Å². The number of nitrogens with one attached hydrogen (secondary N) is 1. The fourth-order valence-corrected chi connectivity index (χ4v) is 6.06. The maximum absolute atomic E-state index is 12.8. The Bertz CT molecular complexity index is 1950. The van der Waals surface area contributed by atoms with Gasteiger partial charge < -0.3 is 24.6 Å². The standard InChI is InChI=1S/C18H25N3O2.C18H21N3O2/c2*1-20(2)10-8-13-6-7-16-15(11-13)17-14(5-4-9-19-17)18(22)21(16)12-23-3/h6-7,11,19H,4-5,8-10,12H2,1-3H3;4-7,9,11H,8,10,12H2,1-3H3. The molecule has 0 atom stereocenters. The van der Waals surface area contributed by atoms with Crippen molar-refractivity contribution < 1.29 is 9.47 Å². The van der Waals surface area contributed by atoms with Gasteiger partial charge in [0.25, 0.3) is 11.1 Å². The van der Waals surface area contributed by atoms with E-state index < -0.39 is 0 Å². The Balaban J connectivity index is 0.000000181. The lowest BCUT2D eigenvalue weighted by Crippen LogP contribution is -2.29. The van der Waals surface area contributed by atoms with Gasteiger partial charge in [0.15, 0.2) is 0 Å². The number of hydrogen-bond donors (Lipinski definition) is 1. The Labute approximate surface area is 270 Å². The van der Waals surface area contributed by atoms with E-state index in [1.54, 1.807) is 35.6 Å². The first kappa shape index (κ1) is 33.3. The highest BCUT2D eigenvalue weighted by atomic mass is 16.5. The molecule has 0 unspecified atom stereocenters. The first-order valence-corrected chi connectivity index (χ1v) is 15.8. The number of ether oxygens (including phenoxy) is 2. The molecule has 4 heterocycles. The predicted octanol–water partition coefficient (Wildman–Crippen LogP) is 4.33. The summed E-state index contributed by atoms with van der Waals surface area (Å²) in [6.45, 7) is 3.45. The molecule has 10 heteroatoms. The van der Waals surface area contributed by atoms with Gasteiger partial charge in [-0.1, -0.05) is 12.1 Å². The zero-order valence-electron chi connectivity index (χ0n) is 27.9. The summed E-state index contributed by atoms with van der Waals surface area (Å²) in [7, 11) is 11.5. The Morgan fingerprint density at radius 2 is 1.37 bits per heavy atom. The number of rotatable bonds is 10. The van der Waals surface area contributed by atoms with Crippen molar-refractivity contribution in [1.29, 1.82) is 0 Å². The lowest BCUT2D eigenvalue weighted by Gasteiger charge is -2.22. The molecule has 2 aromatic carbocycles. The fourth-order valence-electron chi connectivity index (χ4n) is 6.06. The van der Waals surface area contributed by atoms with Gasteiger partial charge in [-0.15, -0.1) is 0 Å². The summed E-state index contributed by atoms with van der Waals surface area (Å²) in [5, 5.41) is 6.20. The third kappa shape index (κ3) is 7.15. The number of pyridine rings is 3. The summed E-state index contributed by atoms with van der Waals surface area (Å²) in [4.78, 5) is 34.2. The number of nitrogens with zero attached hydrogens (tertiary/aromatic N) is 5. The van der Waals surface area contributed by atoms with Crippen LogP contribution in [0.15, 0.2) is 64.3 Å². The molecule has 1 N–H and O–H groups in total. The average molecular weight is 627 g/mol. The molecule has 3 aromatic heterocycles. The maximum atomic E-state index is 12.8. The average Bonchev–Trinajstić information content (AvgIpc) is 3.07. The molecule has 1 aliphatic rings. The van der Waals surface area contributed by atoms with E-state index in [1.165, 1.54) is 11.1 Å². The number of anilines is 1. The molecule has 0 fully saturated rings. The van der Waals surface area contributed by atoms with Gasteiger partial charge in [-0.2, -0.15) is 0 Å². The highest BCUT2D eigenvalue weighted by Gasteiger charge is 2.19. The Morgan fingerprint density at radius 3 is 1.98 bits per heavy atom. The van der Waals surface area contributed by atoms with Gasteiger partial charge in [0, 0.05) is 56.4 Å². The van der Waals surface area contributed by atoms with Crippen LogP contribution in [0, 0.1) is 0 Å². The predicted molar refractivity (Wildman–Crippen MR) is 187 cm³/mol. The number of fused-ring (bicyclic) bond motifs is 6. The Hall–Kier alpha value is -4.09. The van der Waals surface area contributed by atoms with Crippen molar-refractivity contribution in [3.8, 4) is 0 Å². The fraction of sp³-hybridized carbons (Fsp3) is 0.417. The van der Waals surface area contributed by atoms with Crippen molar-refractivity contribution in [1.82, 2.24) is 23.9 Å². The second-order valence-electron chi connectivity index (χ2n) is 12.4. The molecule has 0 saturated heterocycles. The van der Waals surface area contributed by atoms with Crippen molar-refractivity contribution in [2.45, 2.75) is 39.1 Å². The number of methoxy groups -OCH3 is 2. The van der Waals surface area contributed by atoms with Crippen LogP contribution < -0.4 is 16.4 Å². The van der Waals surface area contributed by atoms with Crippen LogP contribution >= 0.6 is 0 Å². The van der Waals surface area contributed by atoms with Crippen LogP contribution in [0.5, 0.6) is 0 Å². The van der Waals surface area contributed by atoms with Gasteiger partial charge in [-0.05, 0) is 101 Å². The van der Waals surface area contributed by atoms with Crippen molar-refractivity contribution in [2.24, 2.45) is 0 Å². The first-order valence-electron chi connectivity index (χ1n) is 15.8. The summed E-state index contributed by atoms with van der Waals surface area (Å²) in [6.07, 6.45) is 5.53. The topological polar surface area (TPSA) is 93.9 Å². The van der Waals surface area contributed by atoms with Gasteiger partial charge in [0.2, 0.25) is 0 Å². The molecule has 10 nitrogen and oxygen atoms in total. The number of likely N-dealkylation sites (N-methyl/N-ethyl adjacent to an activating group) is 2. The van der Waals surface area contributed by atoms with Crippen molar-refractivity contribution in [3.63, 3.8) is 0 Å². The highest BCUT2D eigenvalue weighted by molar-refractivity contribution is 6.03. The van der Waals surface area contributed by atoms with Crippen molar-refractivity contribution in [3.05, 3.63) is 92.1 Å². The summed E-state index contributed by atoms with van der Waals surface area (Å²) in [5.41, 5.74) is 7.01. The molecular formula is C36H46N6O4. The van der Waals surface area contributed by atoms with Crippen LogP contribution in [0.3, 0.4) is 0 Å². The minimum Gasteiger partial charge on any atom is -0.384 e. The Kier molecular flexibility index (Phi) is 10.9. The SMILES string of the molecule is COCn1c(=O)c2c(c3cc(CCN(C)C)ccc31)NCCC2.COCn1c(=O)c2cccnc2c2cc(CCN(C)C)ccc21. The minimum absolute atomic E-state index is 0.0662. The zero-order chi connectivity index (χ0) is 32.8. The van der Waals surface area contributed by atoms with E-state index in [1.807, 2.05) is 12.1 Å². The van der Waals surface area contributed by atoms with E-state index >= 15 is 0 Å². The quantitative estimate of drug-likeness (QED) is 0.229. The minimum atomic E-state index is -0.0662. The van der Waals surface area contributed by atoms with Gasteiger partial charge in [-0.3, -0.25) is 23.7 Å². The molecule has 5 aromatic rings. The summed E-state index contributed by atoms with van der Waals surface area (Å²) in [6, 6.07) is 16.2. The van der Waals surface area contributed by atoms with Gasteiger partial charge in [0.05, 0.1) is 27.6 Å². The summed E-state index contributed by atoms with van der Waals surface area (Å²) >= 11 is 0. The molecule has 0 spiro atoms. The molecule has 1 aliphatic heterocycles. The Morgan fingerprint density at radius 1 is 0.783 bits per heavy atom. The van der Waals surface area contributed by atoms with Crippen LogP contribution in [0.25, 0.3) is 32.7 Å². The van der Waals surface area contributed by atoms with E-state index in [0.717, 1.165) is 83.9 Å². The number of benzene rings is 2. The molecule has 6 rings (SSSR count). The highest BCUT2D eigenvalue weighted by Crippen LogP contribution is 2.30. The van der Waals surface area contributed by atoms with E-state index in [9.17, 15) is 9.59 Å². The van der Waals surface area contributed by atoms with Crippen LogP contribution in [0.1, 0.15) is 23.1 Å². The van der Waals surface area contributed by atoms with E-state index in [2.05, 4.69) is 78.6 Å². The largest absolute Gasteiger partial charge is 0.384 e. The van der Waals surface area contributed by atoms with Crippen LogP contribution in [-0.2, 0) is 42.2 Å². The maximum Gasteiger partial charge on any atom is 0.262 e. The normalized spacial score (nSPS) is 12.9. The molecule has 0 radical (unpaired) electrons. The molecule has 0 aliphatic carbocycles. The molecular weight excluding hydrogens is 580 g/mol. The zero-order valence-corrected chi connectivity index (χ0v) is 27.9. The number of aromatic nitrogens is 3. The van der Waals surface area contributed by atoms with E-state index in [0.29, 0.717) is 12.1 Å². The van der Waals surface area contributed by atoms with Crippen molar-refractivity contribution in [2.75, 3.05) is 67.4 Å². The molecule has 46 heavy (non-hydrogen) atoms. The second kappa shape index (κ2) is 15.0. The van der Waals surface area contributed by atoms with Crippen LogP contribution in [0.2, 0.25) is 0 Å². The third-order valence-electron chi connectivity index (χ3n) is 8.43. The van der Waals surface area contributed by atoms with Gasteiger partial charge in [-0.25, -0.2) is 0 Å². The molecule has 0 saturated carbocycles.